The van der Waals surface area contributed by atoms with Gasteiger partial charge in [0.05, 0.1) is 29.2 Å². The number of fused-ring (bicyclic) bond motifs is 2. The molecule has 0 spiro atoms. The molecule has 5 nitrogen and oxygen atoms in total. The van der Waals surface area contributed by atoms with Crippen LogP contribution < -0.4 is 10.4 Å². The van der Waals surface area contributed by atoms with Gasteiger partial charge in [-0.05, 0) is 88.1 Å². The standard InChI is InChI=1S/C29H30BNO4S/c1-6-33-27(32)18-12-20-11-17-24-26(19-20)36-25-10-8-7-9-23(25)31(24)22-15-13-21(14-16-22)30-34-28(2,3)29(4,5)35-30/h7-19H,6H2,1-5H3/b18-12+. The molecule has 0 saturated carbocycles. The minimum atomic E-state index is -0.394. The lowest BCUT2D eigenvalue weighted by Gasteiger charge is -2.33. The zero-order valence-electron chi connectivity index (χ0n) is 21.3. The van der Waals surface area contributed by atoms with Gasteiger partial charge in [-0.2, -0.15) is 0 Å². The number of anilines is 3. The molecule has 184 valence electrons. The van der Waals surface area contributed by atoms with E-state index in [1.54, 1.807) is 24.8 Å². The fourth-order valence-electron chi connectivity index (χ4n) is 4.27. The van der Waals surface area contributed by atoms with Gasteiger partial charge in [0.1, 0.15) is 0 Å². The van der Waals surface area contributed by atoms with Crippen LogP contribution in [0.25, 0.3) is 6.08 Å². The van der Waals surface area contributed by atoms with Gasteiger partial charge < -0.3 is 18.9 Å². The number of benzene rings is 3. The third-order valence-corrected chi connectivity index (χ3v) is 8.04. The Morgan fingerprint density at radius 3 is 2.31 bits per heavy atom. The fourth-order valence-corrected chi connectivity index (χ4v) is 5.38. The summed E-state index contributed by atoms with van der Waals surface area (Å²) < 4.78 is 17.5. The van der Waals surface area contributed by atoms with Crippen LogP contribution in [0.1, 0.15) is 40.2 Å². The van der Waals surface area contributed by atoms with Crippen LogP contribution >= 0.6 is 11.8 Å². The molecule has 3 aromatic carbocycles. The van der Waals surface area contributed by atoms with Crippen LogP contribution in [0, 0.1) is 0 Å². The monoisotopic (exact) mass is 499 g/mol. The van der Waals surface area contributed by atoms with Crippen molar-refractivity contribution in [1.29, 1.82) is 0 Å². The lowest BCUT2D eigenvalue weighted by molar-refractivity contribution is -0.137. The lowest BCUT2D eigenvalue weighted by Crippen LogP contribution is -2.41. The van der Waals surface area contributed by atoms with E-state index in [4.69, 9.17) is 14.0 Å². The molecule has 0 aliphatic carbocycles. The maximum Gasteiger partial charge on any atom is 0.494 e. The Kier molecular flexibility index (Phi) is 6.49. The van der Waals surface area contributed by atoms with Crippen LogP contribution in [0.2, 0.25) is 0 Å². The number of carbonyl (C=O) groups excluding carboxylic acids is 1. The lowest BCUT2D eigenvalue weighted by atomic mass is 9.79. The minimum absolute atomic E-state index is 0.336. The van der Waals surface area contributed by atoms with Crippen molar-refractivity contribution in [2.45, 2.75) is 55.6 Å². The number of rotatable bonds is 5. The molecular formula is C29H30BNO4S. The Balaban J connectivity index is 1.47. The average Bonchev–Trinajstić information content (AvgIpc) is 3.08. The van der Waals surface area contributed by atoms with E-state index in [1.807, 2.05) is 6.07 Å². The molecule has 3 aromatic rings. The molecule has 0 atom stereocenters. The SMILES string of the molecule is CCOC(=O)/C=C/c1ccc2c(c1)Sc1ccccc1N2c1ccc(B2OC(C)(C)C(C)(C)O2)cc1. The Morgan fingerprint density at radius 1 is 0.944 bits per heavy atom. The van der Waals surface area contributed by atoms with Gasteiger partial charge in [0, 0.05) is 21.6 Å². The van der Waals surface area contributed by atoms with E-state index in [2.05, 4.69) is 93.3 Å². The highest BCUT2D eigenvalue weighted by Crippen LogP contribution is 2.51. The molecule has 5 rings (SSSR count). The van der Waals surface area contributed by atoms with Gasteiger partial charge in [0.25, 0.3) is 0 Å². The Hall–Kier alpha value is -3.00. The number of ether oxygens (including phenoxy) is 1. The third-order valence-electron chi connectivity index (χ3n) is 6.93. The van der Waals surface area contributed by atoms with Crippen LogP contribution in [0.4, 0.5) is 17.1 Å². The van der Waals surface area contributed by atoms with Crippen LogP contribution in [0.15, 0.2) is 82.6 Å². The van der Waals surface area contributed by atoms with E-state index in [1.165, 1.54) is 11.0 Å². The zero-order chi connectivity index (χ0) is 25.5. The van der Waals surface area contributed by atoms with Crippen LogP contribution in [-0.2, 0) is 18.8 Å². The van der Waals surface area contributed by atoms with Crippen molar-refractivity contribution < 1.29 is 18.8 Å². The summed E-state index contributed by atoms with van der Waals surface area (Å²) in [6.45, 7) is 10.4. The molecule has 1 fully saturated rings. The highest BCUT2D eigenvalue weighted by Gasteiger charge is 2.51. The third kappa shape index (κ3) is 4.59. The van der Waals surface area contributed by atoms with Gasteiger partial charge in [-0.25, -0.2) is 4.79 Å². The van der Waals surface area contributed by atoms with E-state index in [9.17, 15) is 4.79 Å². The second-order valence-electron chi connectivity index (χ2n) is 9.90. The summed E-state index contributed by atoms with van der Waals surface area (Å²) in [5, 5.41) is 0. The zero-order valence-corrected chi connectivity index (χ0v) is 22.1. The van der Waals surface area contributed by atoms with Gasteiger partial charge in [-0.1, -0.05) is 42.1 Å². The van der Waals surface area contributed by atoms with E-state index in [0.717, 1.165) is 33.0 Å². The van der Waals surface area contributed by atoms with Crippen molar-refractivity contribution in [2.75, 3.05) is 11.5 Å². The predicted octanol–water partition coefficient (Wildman–Crippen LogP) is 6.50. The Morgan fingerprint density at radius 2 is 1.61 bits per heavy atom. The second kappa shape index (κ2) is 9.47. The normalized spacial score (nSPS) is 17.7. The first-order valence-corrected chi connectivity index (χ1v) is 13.0. The van der Waals surface area contributed by atoms with Crippen molar-refractivity contribution in [3.05, 3.63) is 78.4 Å². The number of carbonyl (C=O) groups is 1. The Bertz CT molecular complexity index is 1300. The summed E-state index contributed by atoms with van der Waals surface area (Å²) in [4.78, 5) is 16.3. The van der Waals surface area contributed by atoms with Crippen molar-refractivity contribution in [3.63, 3.8) is 0 Å². The molecule has 0 amide bonds. The molecule has 7 heteroatoms. The number of para-hydroxylation sites is 1. The topological polar surface area (TPSA) is 48.0 Å². The van der Waals surface area contributed by atoms with E-state index < -0.39 is 7.12 Å². The number of hydrogen-bond donors (Lipinski definition) is 0. The summed E-state index contributed by atoms with van der Waals surface area (Å²) in [7, 11) is -0.394. The molecule has 1 saturated heterocycles. The van der Waals surface area contributed by atoms with Gasteiger partial charge in [-0.15, -0.1) is 0 Å². The molecule has 36 heavy (non-hydrogen) atoms. The van der Waals surface area contributed by atoms with Crippen LogP contribution in [-0.4, -0.2) is 30.9 Å². The quantitative estimate of drug-likeness (QED) is 0.178. The number of esters is 1. The first kappa shape index (κ1) is 24.7. The molecule has 0 unspecified atom stereocenters. The highest BCUT2D eigenvalue weighted by molar-refractivity contribution is 7.99. The summed E-state index contributed by atoms with van der Waals surface area (Å²) in [6, 6.07) is 23.0. The van der Waals surface area contributed by atoms with Crippen molar-refractivity contribution in [3.8, 4) is 0 Å². The summed E-state index contributed by atoms with van der Waals surface area (Å²) in [5.41, 5.74) is 4.47. The van der Waals surface area contributed by atoms with E-state index in [-0.39, 0.29) is 17.2 Å². The molecule has 2 aliphatic heterocycles. The summed E-state index contributed by atoms with van der Waals surface area (Å²) in [6.07, 6.45) is 3.27. The van der Waals surface area contributed by atoms with Crippen LogP contribution in [0.3, 0.4) is 0 Å². The summed E-state index contributed by atoms with van der Waals surface area (Å²) in [5.74, 6) is -0.336. The molecule has 2 aliphatic rings. The van der Waals surface area contributed by atoms with E-state index >= 15 is 0 Å². The predicted molar refractivity (Wildman–Crippen MR) is 147 cm³/mol. The molecule has 0 aromatic heterocycles. The largest absolute Gasteiger partial charge is 0.494 e. The van der Waals surface area contributed by atoms with Gasteiger partial charge in [0.15, 0.2) is 0 Å². The first-order chi connectivity index (χ1) is 17.2. The second-order valence-corrected chi connectivity index (χ2v) is 11.0. The van der Waals surface area contributed by atoms with Gasteiger partial charge >= 0.3 is 13.1 Å². The van der Waals surface area contributed by atoms with E-state index in [0.29, 0.717) is 6.61 Å². The van der Waals surface area contributed by atoms with Gasteiger partial charge in [-0.3, -0.25) is 0 Å². The molecule has 0 radical (unpaired) electrons. The molecule has 2 heterocycles. The first-order valence-electron chi connectivity index (χ1n) is 12.2. The van der Waals surface area contributed by atoms with Crippen molar-refractivity contribution in [2.24, 2.45) is 0 Å². The maximum atomic E-state index is 11.8. The minimum Gasteiger partial charge on any atom is -0.463 e. The summed E-state index contributed by atoms with van der Waals surface area (Å²) >= 11 is 1.73. The highest BCUT2D eigenvalue weighted by atomic mass is 32.2. The van der Waals surface area contributed by atoms with Gasteiger partial charge in [0.2, 0.25) is 0 Å². The number of nitrogens with zero attached hydrogens (tertiary/aromatic N) is 1. The molecule has 0 bridgehead atoms. The number of hydrogen-bond acceptors (Lipinski definition) is 6. The molecule has 0 N–H and O–H groups in total. The average molecular weight is 499 g/mol. The van der Waals surface area contributed by atoms with Crippen molar-refractivity contribution >= 4 is 53.5 Å². The smallest absolute Gasteiger partial charge is 0.463 e. The Labute approximate surface area is 217 Å². The van der Waals surface area contributed by atoms with Crippen LogP contribution in [0.5, 0.6) is 0 Å². The fraction of sp³-hybridized carbons (Fsp3) is 0.276. The maximum absolute atomic E-state index is 11.8. The molecular weight excluding hydrogens is 469 g/mol. The van der Waals surface area contributed by atoms with Crippen molar-refractivity contribution in [1.82, 2.24) is 0 Å².